The van der Waals surface area contributed by atoms with Crippen molar-refractivity contribution in [1.29, 1.82) is 0 Å². The van der Waals surface area contributed by atoms with Crippen LogP contribution in [0.25, 0.3) is 11.1 Å². The van der Waals surface area contributed by atoms with Crippen LogP contribution < -0.4 is 0 Å². The fraction of sp³-hybridized carbons (Fsp3) is 0.273. The molecule has 0 saturated heterocycles. The first-order chi connectivity index (χ1) is 10.7. The highest BCUT2D eigenvalue weighted by Crippen LogP contribution is 2.40. The molecule has 0 radical (unpaired) electrons. The maximum atomic E-state index is 2.30. The maximum Gasteiger partial charge on any atom is -0.00578 e. The lowest BCUT2D eigenvalue weighted by atomic mass is 9.95. The first-order valence-corrected chi connectivity index (χ1v) is 8.28. The quantitative estimate of drug-likeness (QED) is 0.666. The zero-order valence-electron chi connectivity index (χ0n) is 13.4. The molecule has 110 valence electrons. The topological polar surface area (TPSA) is 0 Å². The molecule has 0 bridgehead atoms. The molecule has 0 saturated carbocycles. The number of benzene rings is 2. The Morgan fingerprint density at radius 3 is 1.50 bits per heavy atom. The average molecular weight is 286 g/mol. The molecule has 2 aliphatic rings. The molecule has 2 aliphatic carbocycles. The van der Waals surface area contributed by atoms with Gasteiger partial charge < -0.3 is 0 Å². The van der Waals surface area contributed by atoms with Crippen molar-refractivity contribution in [3.63, 3.8) is 0 Å². The standard InChI is InChI=1S/C22H22/c1-15-13-17-7-3-5-9-21(17)19(15)11-12-20-16(2)14-18-8-4-6-10-22(18)20/h3-10H,11-14H2,1-2H3. The molecular weight excluding hydrogens is 264 g/mol. The Balaban J connectivity index is 1.59. The predicted molar refractivity (Wildman–Crippen MR) is 94.7 cm³/mol. The minimum Gasteiger partial charge on any atom is -0.0651 e. The van der Waals surface area contributed by atoms with Gasteiger partial charge in [-0.2, -0.15) is 0 Å². The van der Waals surface area contributed by atoms with Gasteiger partial charge in [0.2, 0.25) is 0 Å². The van der Waals surface area contributed by atoms with Crippen LogP contribution in [0.1, 0.15) is 48.9 Å². The molecule has 0 heteroatoms. The van der Waals surface area contributed by atoms with Gasteiger partial charge in [-0.3, -0.25) is 0 Å². The Hall–Kier alpha value is -2.08. The molecule has 0 N–H and O–H groups in total. The summed E-state index contributed by atoms with van der Waals surface area (Å²) in [5.74, 6) is 0. The summed E-state index contributed by atoms with van der Waals surface area (Å²) in [6, 6.07) is 17.8. The lowest BCUT2D eigenvalue weighted by molar-refractivity contribution is 1.07. The smallest absolute Gasteiger partial charge is 0.00578 e. The lowest BCUT2D eigenvalue weighted by Gasteiger charge is -2.10. The van der Waals surface area contributed by atoms with Gasteiger partial charge in [-0.25, -0.2) is 0 Å². The molecule has 2 aromatic carbocycles. The molecule has 0 nitrogen and oxygen atoms in total. The molecular formula is C22H22. The molecule has 2 aromatic rings. The molecule has 0 atom stereocenters. The zero-order chi connectivity index (χ0) is 15.1. The molecule has 0 amide bonds. The molecule has 0 fully saturated rings. The van der Waals surface area contributed by atoms with E-state index in [0.717, 1.165) is 12.8 Å². The summed E-state index contributed by atoms with van der Waals surface area (Å²) in [7, 11) is 0. The van der Waals surface area contributed by atoms with Gasteiger partial charge in [-0.1, -0.05) is 59.7 Å². The summed E-state index contributed by atoms with van der Waals surface area (Å²) in [6.45, 7) is 4.61. The van der Waals surface area contributed by atoms with Gasteiger partial charge in [-0.15, -0.1) is 0 Å². The van der Waals surface area contributed by atoms with Crippen LogP contribution in [0.15, 0.2) is 59.7 Å². The summed E-state index contributed by atoms with van der Waals surface area (Å²) in [5, 5.41) is 0. The highest BCUT2D eigenvalue weighted by Gasteiger charge is 2.21. The van der Waals surface area contributed by atoms with Crippen LogP contribution in [0, 0.1) is 0 Å². The SMILES string of the molecule is CC1=C(CCC2=C(C)Cc3ccccc32)c2ccccc2C1. The van der Waals surface area contributed by atoms with Gasteiger partial charge in [0.05, 0.1) is 0 Å². The lowest BCUT2D eigenvalue weighted by Crippen LogP contribution is -1.89. The van der Waals surface area contributed by atoms with Crippen molar-refractivity contribution in [2.75, 3.05) is 0 Å². The van der Waals surface area contributed by atoms with Crippen LogP contribution in [0.3, 0.4) is 0 Å². The summed E-state index contributed by atoms with van der Waals surface area (Å²) in [6.07, 6.45) is 4.62. The monoisotopic (exact) mass is 286 g/mol. The molecule has 0 spiro atoms. The zero-order valence-corrected chi connectivity index (χ0v) is 13.4. The van der Waals surface area contributed by atoms with E-state index in [1.54, 1.807) is 22.3 Å². The molecule has 0 aromatic heterocycles. The van der Waals surface area contributed by atoms with Crippen molar-refractivity contribution in [1.82, 2.24) is 0 Å². The fourth-order valence-electron chi connectivity index (χ4n) is 4.13. The van der Waals surface area contributed by atoms with Gasteiger partial charge in [0.1, 0.15) is 0 Å². The van der Waals surface area contributed by atoms with Gasteiger partial charge in [-0.05, 0) is 72.9 Å². The van der Waals surface area contributed by atoms with Crippen molar-refractivity contribution < 1.29 is 0 Å². The van der Waals surface area contributed by atoms with E-state index in [4.69, 9.17) is 0 Å². The van der Waals surface area contributed by atoms with E-state index in [2.05, 4.69) is 62.4 Å². The van der Waals surface area contributed by atoms with Crippen molar-refractivity contribution in [3.8, 4) is 0 Å². The van der Waals surface area contributed by atoms with E-state index < -0.39 is 0 Å². The van der Waals surface area contributed by atoms with Crippen LogP contribution in [0.2, 0.25) is 0 Å². The average Bonchev–Trinajstić information content (AvgIpc) is 3.01. The first-order valence-electron chi connectivity index (χ1n) is 8.28. The van der Waals surface area contributed by atoms with E-state index >= 15 is 0 Å². The Morgan fingerprint density at radius 1 is 0.636 bits per heavy atom. The minimum absolute atomic E-state index is 1.14. The minimum atomic E-state index is 1.14. The van der Waals surface area contributed by atoms with Crippen LogP contribution in [0.4, 0.5) is 0 Å². The third-order valence-electron chi connectivity index (χ3n) is 5.25. The number of allylic oxidation sites excluding steroid dienone is 4. The summed E-state index contributed by atoms with van der Waals surface area (Å²) >= 11 is 0. The number of fused-ring (bicyclic) bond motifs is 2. The number of hydrogen-bond acceptors (Lipinski definition) is 0. The second-order valence-electron chi connectivity index (χ2n) is 6.69. The molecule has 22 heavy (non-hydrogen) atoms. The van der Waals surface area contributed by atoms with Gasteiger partial charge in [0.15, 0.2) is 0 Å². The van der Waals surface area contributed by atoms with Gasteiger partial charge >= 0.3 is 0 Å². The highest BCUT2D eigenvalue weighted by molar-refractivity contribution is 5.80. The Labute approximate surface area is 133 Å². The predicted octanol–water partition coefficient (Wildman–Crippen LogP) is 5.83. The normalized spacial score (nSPS) is 16.3. The molecule has 0 unspecified atom stereocenters. The first kappa shape index (κ1) is 13.6. The van der Waals surface area contributed by atoms with Crippen molar-refractivity contribution >= 4 is 11.1 Å². The maximum absolute atomic E-state index is 2.30. The Morgan fingerprint density at radius 2 is 1.05 bits per heavy atom. The fourth-order valence-corrected chi connectivity index (χ4v) is 4.13. The van der Waals surface area contributed by atoms with Crippen LogP contribution >= 0.6 is 0 Å². The van der Waals surface area contributed by atoms with Crippen LogP contribution in [-0.4, -0.2) is 0 Å². The second-order valence-corrected chi connectivity index (χ2v) is 6.69. The van der Waals surface area contributed by atoms with E-state index in [-0.39, 0.29) is 0 Å². The molecule has 4 rings (SSSR count). The third-order valence-corrected chi connectivity index (χ3v) is 5.25. The Bertz CT molecular complexity index is 733. The van der Waals surface area contributed by atoms with Crippen LogP contribution in [0.5, 0.6) is 0 Å². The van der Waals surface area contributed by atoms with E-state index in [0.29, 0.717) is 0 Å². The Kier molecular flexibility index (Phi) is 3.26. The number of hydrogen-bond donors (Lipinski definition) is 0. The van der Waals surface area contributed by atoms with Gasteiger partial charge in [0.25, 0.3) is 0 Å². The summed E-state index contributed by atoms with van der Waals surface area (Å²) < 4.78 is 0. The van der Waals surface area contributed by atoms with Gasteiger partial charge in [0, 0.05) is 0 Å². The summed E-state index contributed by atoms with van der Waals surface area (Å²) in [5.41, 5.74) is 12.3. The third kappa shape index (κ3) is 2.14. The van der Waals surface area contributed by atoms with E-state index in [9.17, 15) is 0 Å². The number of rotatable bonds is 3. The second kappa shape index (κ2) is 5.28. The van der Waals surface area contributed by atoms with E-state index in [1.807, 2.05) is 0 Å². The molecule has 0 aliphatic heterocycles. The summed E-state index contributed by atoms with van der Waals surface area (Å²) in [4.78, 5) is 0. The van der Waals surface area contributed by atoms with Crippen molar-refractivity contribution in [3.05, 3.63) is 81.9 Å². The van der Waals surface area contributed by atoms with E-state index in [1.165, 1.54) is 35.1 Å². The largest absolute Gasteiger partial charge is 0.0651 e. The highest BCUT2D eigenvalue weighted by atomic mass is 14.3. The molecule has 0 heterocycles. The van der Waals surface area contributed by atoms with Crippen LogP contribution in [-0.2, 0) is 12.8 Å². The van der Waals surface area contributed by atoms with Crippen molar-refractivity contribution in [2.24, 2.45) is 0 Å². The van der Waals surface area contributed by atoms with Crippen molar-refractivity contribution in [2.45, 2.75) is 39.5 Å².